The van der Waals surface area contributed by atoms with Crippen LogP contribution in [0.15, 0.2) is 18.2 Å². The molecule has 2 rings (SSSR count). The minimum Gasteiger partial charge on any atom is -0.493 e. The summed E-state index contributed by atoms with van der Waals surface area (Å²) in [6.07, 6.45) is 3.67. The van der Waals surface area contributed by atoms with Crippen molar-refractivity contribution in [2.75, 3.05) is 19.0 Å². The van der Waals surface area contributed by atoms with Gasteiger partial charge in [0.25, 0.3) is 0 Å². The number of carbonyl (C=O) groups is 1. The number of benzene rings is 1. The number of amides is 1. The van der Waals surface area contributed by atoms with E-state index in [2.05, 4.69) is 5.32 Å². The van der Waals surface area contributed by atoms with Gasteiger partial charge in [0.15, 0.2) is 11.5 Å². The van der Waals surface area contributed by atoms with E-state index in [0.29, 0.717) is 30.4 Å². The third kappa shape index (κ3) is 4.78. The fourth-order valence-electron chi connectivity index (χ4n) is 2.79. The first kappa shape index (κ1) is 18.6. The van der Waals surface area contributed by atoms with Crippen molar-refractivity contribution in [3.05, 3.63) is 18.2 Å². The molecule has 22 heavy (non-hydrogen) atoms. The van der Waals surface area contributed by atoms with E-state index in [0.717, 1.165) is 24.9 Å². The van der Waals surface area contributed by atoms with Crippen LogP contribution < -0.4 is 20.5 Å². The first-order chi connectivity index (χ1) is 10.1. The SMILES string of the molecule is CCOc1cc(NC(=O)C[C@@H]2CCC[C@H]2N)ccc1OC.Cl. The number of hydrogen-bond donors (Lipinski definition) is 2. The molecule has 1 saturated carbocycles. The molecule has 1 amide bonds. The van der Waals surface area contributed by atoms with E-state index >= 15 is 0 Å². The summed E-state index contributed by atoms with van der Waals surface area (Å²) < 4.78 is 10.7. The third-order valence-corrected chi connectivity index (χ3v) is 3.91. The van der Waals surface area contributed by atoms with Crippen LogP contribution in [0, 0.1) is 5.92 Å². The number of rotatable bonds is 6. The monoisotopic (exact) mass is 328 g/mol. The Morgan fingerprint density at radius 1 is 1.36 bits per heavy atom. The van der Waals surface area contributed by atoms with Gasteiger partial charge in [0, 0.05) is 24.2 Å². The molecule has 1 aliphatic rings. The standard InChI is InChI=1S/C16H24N2O3.ClH/c1-3-21-15-10-12(7-8-14(15)20-2)18-16(19)9-11-5-4-6-13(11)17;/h7-8,10-11,13H,3-6,9,17H2,1-2H3,(H,18,19);1H/t11-,13+;/m0./s1. The fourth-order valence-corrected chi connectivity index (χ4v) is 2.79. The molecule has 1 aromatic carbocycles. The van der Waals surface area contributed by atoms with Crippen LogP contribution in [0.4, 0.5) is 5.69 Å². The van der Waals surface area contributed by atoms with Crippen molar-refractivity contribution in [2.24, 2.45) is 11.7 Å². The fraction of sp³-hybridized carbons (Fsp3) is 0.562. The largest absolute Gasteiger partial charge is 0.493 e. The van der Waals surface area contributed by atoms with E-state index in [1.165, 1.54) is 0 Å². The molecule has 0 saturated heterocycles. The van der Waals surface area contributed by atoms with E-state index in [-0.39, 0.29) is 24.4 Å². The van der Waals surface area contributed by atoms with Gasteiger partial charge >= 0.3 is 0 Å². The van der Waals surface area contributed by atoms with Crippen LogP contribution in [0.25, 0.3) is 0 Å². The van der Waals surface area contributed by atoms with Crippen molar-refractivity contribution in [3.8, 4) is 11.5 Å². The number of nitrogens with one attached hydrogen (secondary N) is 1. The van der Waals surface area contributed by atoms with Gasteiger partial charge in [-0.25, -0.2) is 0 Å². The van der Waals surface area contributed by atoms with Crippen molar-refractivity contribution in [1.29, 1.82) is 0 Å². The number of ether oxygens (including phenoxy) is 2. The zero-order valence-electron chi connectivity index (χ0n) is 13.1. The van der Waals surface area contributed by atoms with Gasteiger partial charge in [-0.2, -0.15) is 0 Å². The van der Waals surface area contributed by atoms with E-state index in [9.17, 15) is 4.79 Å². The summed E-state index contributed by atoms with van der Waals surface area (Å²) in [6, 6.07) is 5.55. The minimum absolute atomic E-state index is 0. The Morgan fingerprint density at radius 2 is 2.14 bits per heavy atom. The Morgan fingerprint density at radius 3 is 2.73 bits per heavy atom. The molecule has 6 heteroatoms. The molecular formula is C16H25ClN2O3. The lowest BCUT2D eigenvalue weighted by molar-refractivity contribution is -0.117. The van der Waals surface area contributed by atoms with Crippen molar-refractivity contribution in [1.82, 2.24) is 0 Å². The lowest BCUT2D eigenvalue weighted by atomic mass is 10.00. The van der Waals surface area contributed by atoms with Gasteiger partial charge in [0.2, 0.25) is 5.91 Å². The van der Waals surface area contributed by atoms with Gasteiger partial charge in [0.05, 0.1) is 13.7 Å². The average molecular weight is 329 g/mol. The molecule has 3 N–H and O–H groups in total. The highest BCUT2D eigenvalue weighted by Gasteiger charge is 2.26. The maximum atomic E-state index is 12.1. The summed E-state index contributed by atoms with van der Waals surface area (Å²) >= 11 is 0. The van der Waals surface area contributed by atoms with Crippen molar-refractivity contribution >= 4 is 24.0 Å². The summed E-state index contributed by atoms with van der Waals surface area (Å²) in [7, 11) is 1.59. The molecular weight excluding hydrogens is 304 g/mol. The van der Waals surface area contributed by atoms with Crippen LogP contribution in [-0.2, 0) is 4.79 Å². The predicted octanol–water partition coefficient (Wildman–Crippen LogP) is 2.97. The quantitative estimate of drug-likeness (QED) is 0.842. The maximum Gasteiger partial charge on any atom is 0.224 e. The lowest BCUT2D eigenvalue weighted by Crippen LogP contribution is -2.28. The Kier molecular flexibility index (Phi) is 7.48. The summed E-state index contributed by atoms with van der Waals surface area (Å²) in [5.41, 5.74) is 6.72. The Hall–Kier alpha value is -1.46. The summed E-state index contributed by atoms with van der Waals surface area (Å²) in [4.78, 5) is 12.1. The minimum atomic E-state index is 0. The zero-order valence-corrected chi connectivity index (χ0v) is 13.9. The molecule has 0 radical (unpaired) electrons. The van der Waals surface area contributed by atoms with Gasteiger partial charge in [-0.3, -0.25) is 4.79 Å². The van der Waals surface area contributed by atoms with E-state index in [1.54, 1.807) is 19.2 Å². The van der Waals surface area contributed by atoms with Crippen LogP contribution in [0.2, 0.25) is 0 Å². The molecule has 1 fully saturated rings. The molecule has 1 aliphatic carbocycles. The summed E-state index contributed by atoms with van der Waals surface area (Å²) in [6.45, 7) is 2.46. The lowest BCUT2D eigenvalue weighted by Gasteiger charge is -2.15. The Labute approximate surface area is 138 Å². The van der Waals surface area contributed by atoms with Gasteiger partial charge in [-0.15, -0.1) is 12.4 Å². The van der Waals surface area contributed by atoms with Crippen LogP contribution in [0.1, 0.15) is 32.6 Å². The summed E-state index contributed by atoms with van der Waals surface area (Å²) in [5, 5.41) is 2.91. The topological polar surface area (TPSA) is 73.6 Å². The smallest absolute Gasteiger partial charge is 0.224 e. The number of carbonyl (C=O) groups excluding carboxylic acids is 1. The Bertz CT molecular complexity index is 496. The number of methoxy groups -OCH3 is 1. The van der Waals surface area contributed by atoms with E-state index in [4.69, 9.17) is 15.2 Å². The second-order valence-electron chi connectivity index (χ2n) is 5.41. The van der Waals surface area contributed by atoms with Gasteiger partial charge in [-0.1, -0.05) is 6.42 Å². The van der Waals surface area contributed by atoms with Crippen molar-refractivity contribution < 1.29 is 14.3 Å². The number of anilines is 1. The molecule has 2 atom stereocenters. The molecule has 0 heterocycles. The van der Waals surface area contributed by atoms with Crippen LogP contribution in [-0.4, -0.2) is 25.7 Å². The Balaban J connectivity index is 0.00000242. The van der Waals surface area contributed by atoms with Crippen molar-refractivity contribution in [3.63, 3.8) is 0 Å². The molecule has 0 aromatic heterocycles. The predicted molar refractivity (Wildman–Crippen MR) is 90.0 cm³/mol. The molecule has 0 bridgehead atoms. The molecule has 5 nitrogen and oxygen atoms in total. The molecule has 0 aliphatic heterocycles. The molecule has 0 spiro atoms. The molecule has 124 valence electrons. The van der Waals surface area contributed by atoms with Crippen LogP contribution in [0.5, 0.6) is 11.5 Å². The average Bonchev–Trinajstić information content (AvgIpc) is 2.85. The number of halogens is 1. The summed E-state index contributed by atoms with van der Waals surface area (Å²) in [5.74, 6) is 1.60. The number of hydrogen-bond acceptors (Lipinski definition) is 4. The van der Waals surface area contributed by atoms with E-state index in [1.807, 2.05) is 13.0 Å². The molecule has 1 aromatic rings. The first-order valence-corrected chi connectivity index (χ1v) is 7.50. The highest BCUT2D eigenvalue weighted by molar-refractivity contribution is 5.91. The second-order valence-corrected chi connectivity index (χ2v) is 5.41. The molecule has 0 unspecified atom stereocenters. The highest BCUT2D eigenvalue weighted by Crippen LogP contribution is 2.31. The zero-order chi connectivity index (χ0) is 15.2. The normalized spacial score (nSPS) is 20.1. The van der Waals surface area contributed by atoms with Crippen molar-refractivity contribution in [2.45, 2.75) is 38.6 Å². The van der Waals surface area contributed by atoms with Crippen LogP contribution in [0.3, 0.4) is 0 Å². The number of nitrogens with two attached hydrogens (primary N) is 1. The first-order valence-electron chi connectivity index (χ1n) is 7.50. The highest BCUT2D eigenvalue weighted by atomic mass is 35.5. The van der Waals surface area contributed by atoms with E-state index < -0.39 is 0 Å². The second kappa shape index (κ2) is 8.86. The van der Waals surface area contributed by atoms with Gasteiger partial charge < -0.3 is 20.5 Å². The van der Waals surface area contributed by atoms with Crippen LogP contribution >= 0.6 is 12.4 Å². The van der Waals surface area contributed by atoms with Gasteiger partial charge in [-0.05, 0) is 37.8 Å². The third-order valence-electron chi connectivity index (χ3n) is 3.91. The maximum absolute atomic E-state index is 12.1. The van der Waals surface area contributed by atoms with Gasteiger partial charge in [0.1, 0.15) is 0 Å².